The molecule has 3 nitrogen and oxygen atoms in total. The number of hydrogen-bond acceptors (Lipinski definition) is 4. The largest absolute Gasteiger partial charge is 0.208 e. The Morgan fingerprint density at radius 3 is 1.71 bits per heavy atom. The number of rotatable bonds is 5. The second kappa shape index (κ2) is 12.8. The molecule has 256 valence electrons. The molecule has 11 aromatic rings. The molecule has 0 bridgehead atoms. The first kappa shape index (κ1) is 31.5. The molecule has 2 heterocycles. The first-order chi connectivity index (χ1) is 27.2. The van der Waals surface area contributed by atoms with Crippen molar-refractivity contribution in [3.8, 4) is 56.4 Å². The molecule has 0 aliphatic heterocycles. The maximum atomic E-state index is 5.25. The molecule has 0 amide bonds. The molecule has 0 fully saturated rings. The van der Waals surface area contributed by atoms with Gasteiger partial charge in [0.1, 0.15) is 0 Å². The fourth-order valence-corrected chi connectivity index (χ4v) is 9.28. The van der Waals surface area contributed by atoms with E-state index in [1.54, 1.807) is 11.3 Å². The summed E-state index contributed by atoms with van der Waals surface area (Å²) in [6, 6.07) is 66.9. The highest BCUT2D eigenvalue weighted by molar-refractivity contribution is 7.26. The van der Waals surface area contributed by atoms with Gasteiger partial charge in [0.2, 0.25) is 0 Å². The predicted octanol–water partition coefficient (Wildman–Crippen LogP) is 14.0. The standard InChI is InChI=1S/C51H31N3S/c1-3-17-38-32(12-1)14-10-22-39(38)33-26-28-34(29-27-33)49-52-50(54-51(53-49)45-24-11-23-44-43-21-7-8-25-47(43)55-48(44)45)37-16-9-15-35(30-37)46-31-36-13-2-4-18-40(36)41-19-5-6-20-42(41)46/h1-31H. The van der Waals surface area contributed by atoms with Gasteiger partial charge in [0.15, 0.2) is 17.5 Å². The Bertz CT molecular complexity index is 3270. The SMILES string of the molecule is c1cc(-c2nc(-c3ccc(-c4cccc5ccccc45)cc3)nc(-c3cccc4c3sc3ccccc34)n2)cc(-c2cc3ccccc3c3ccccc23)c1. The van der Waals surface area contributed by atoms with Crippen LogP contribution in [0.3, 0.4) is 0 Å². The van der Waals surface area contributed by atoms with Gasteiger partial charge in [-0.25, -0.2) is 15.0 Å². The lowest BCUT2D eigenvalue weighted by atomic mass is 9.92. The van der Waals surface area contributed by atoms with Crippen molar-refractivity contribution in [3.05, 3.63) is 188 Å². The van der Waals surface area contributed by atoms with Gasteiger partial charge in [0, 0.05) is 36.9 Å². The van der Waals surface area contributed by atoms with Crippen LogP contribution in [0.1, 0.15) is 0 Å². The van der Waals surface area contributed by atoms with Crippen LogP contribution in [-0.4, -0.2) is 15.0 Å². The van der Waals surface area contributed by atoms with E-state index >= 15 is 0 Å². The molecule has 11 rings (SSSR count). The van der Waals surface area contributed by atoms with Crippen LogP contribution in [0, 0.1) is 0 Å². The Kier molecular flexibility index (Phi) is 7.35. The molecule has 0 atom stereocenters. The Labute approximate surface area is 321 Å². The van der Waals surface area contributed by atoms with Gasteiger partial charge in [-0.2, -0.15) is 0 Å². The molecular formula is C51H31N3S. The smallest absolute Gasteiger partial charge is 0.165 e. The lowest BCUT2D eigenvalue weighted by Crippen LogP contribution is -2.00. The monoisotopic (exact) mass is 717 g/mol. The first-order valence-corrected chi connectivity index (χ1v) is 19.3. The summed E-state index contributed by atoms with van der Waals surface area (Å²) in [4.78, 5) is 15.7. The van der Waals surface area contributed by atoms with E-state index < -0.39 is 0 Å². The summed E-state index contributed by atoms with van der Waals surface area (Å²) in [5.74, 6) is 1.95. The van der Waals surface area contributed by atoms with Crippen LogP contribution >= 0.6 is 11.3 Å². The number of benzene rings is 9. The van der Waals surface area contributed by atoms with Crippen molar-refractivity contribution in [2.45, 2.75) is 0 Å². The molecule has 0 saturated heterocycles. The summed E-state index contributed by atoms with van der Waals surface area (Å²) in [5.41, 5.74) is 7.55. The van der Waals surface area contributed by atoms with E-state index in [1.807, 2.05) is 0 Å². The average Bonchev–Trinajstić information content (AvgIpc) is 3.65. The molecule has 55 heavy (non-hydrogen) atoms. The maximum Gasteiger partial charge on any atom is 0.165 e. The van der Waals surface area contributed by atoms with Crippen molar-refractivity contribution in [2.75, 3.05) is 0 Å². The van der Waals surface area contributed by atoms with E-state index in [0.29, 0.717) is 17.5 Å². The Morgan fingerprint density at radius 1 is 0.291 bits per heavy atom. The van der Waals surface area contributed by atoms with Gasteiger partial charge in [-0.15, -0.1) is 11.3 Å². The summed E-state index contributed by atoms with van der Waals surface area (Å²) in [6.07, 6.45) is 0. The van der Waals surface area contributed by atoms with E-state index in [1.165, 1.54) is 63.6 Å². The molecule has 0 aliphatic carbocycles. The Morgan fingerprint density at radius 2 is 0.855 bits per heavy atom. The zero-order valence-electron chi connectivity index (χ0n) is 29.6. The topological polar surface area (TPSA) is 38.7 Å². The van der Waals surface area contributed by atoms with Crippen molar-refractivity contribution in [1.82, 2.24) is 15.0 Å². The van der Waals surface area contributed by atoms with Crippen LogP contribution in [0.2, 0.25) is 0 Å². The predicted molar refractivity (Wildman–Crippen MR) is 232 cm³/mol. The van der Waals surface area contributed by atoms with Crippen LogP contribution in [0.25, 0.3) is 109 Å². The minimum atomic E-state index is 0.642. The third kappa shape index (κ3) is 5.38. The lowest BCUT2D eigenvalue weighted by Gasteiger charge is -2.13. The fourth-order valence-electron chi connectivity index (χ4n) is 8.07. The quantitative estimate of drug-likeness (QED) is 0.166. The third-order valence-corrected chi connectivity index (χ3v) is 11.9. The first-order valence-electron chi connectivity index (χ1n) is 18.5. The van der Waals surface area contributed by atoms with Crippen molar-refractivity contribution in [2.24, 2.45) is 0 Å². The van der Waals surface area contributed by atoms with Gasteiger partial charge >= 0.3 is 0 Å². The van der Waals surface area contributed by atoms with Crippen LogP contribution in [-0.2, 0) is 0 Å². The second-order valence-corrected chi connectivity index (χ2v) is 15.0. The lowest BCUT2D eigenvalue weighted by molar-refractivity contribution is 1.08. The molecule has 9 aromatic carbocycles. The number of thiophene rings is 1. The van der Waals surface area contributed by atoms with E-state index in [2.05, 4.69) is 188 Å². The average molecular weight is 718 g/mol. The molecule has 2 aromatic heterocycles. The van der Waals surface area contributed by atoms with Gasteiger partial charge in [0.05, 0.1) is 0 Å². The van der Waals surface area contributed by atoms with Crippen molar-refractivity contribution in [3.63, 3.8) is 0 Å². The minimum absolute atomic E-state index is 0.642. The van der Waals surface area contributed by atoms with E-state index in [0.717, 1.165) is 27.8 Å². The highest BCUT2D eigenvalue weighted by atomic mass is 32.1. The molecule has 0 N–H and O–H groups in total. The van der Waals surface area contributed by atoms with Crippen LogP contribution in [0.15, 0.2) is 188 Å². The molecule has 4 heteroatoms. The highest BCUT2D eigenvalue weighted by Crippen LogP contribution is 2.41. The number of hydrogen-bond donors (Lipinski definition) is 0. The molecule has 0 saturated carbocycles. The number of aromatic nitrogens is 3. The minimum Gasteiger partial charge on any atom is -0.208 e. The molecule has 0 spiro atoms. The van der Waals surface area contributed by atoms with Gasteiger partial charge < -0.3 is 0 Å². The zero-order valence-corrected chi connectivity index (χ0v) is 30.5. The molecular weight excluding hydrogens is 687 g/mol. The summed E-state index contributed by atoms with van der Waals surface area (Å²) in [5, 5.41) is 9.86. The zero-order chi connectivity index (χ0) is 36.3. The van der Waals surface area contributed by atoms with E-state index in [9.17, 15) is 0 Å². The molecule has 0 unspecified atom stereocenters. The fraction of sp³-hybridized carbons (Fsp3) is 0. The normalized spacial score (nSPS) is 11.6. The van der Waals surface area contributed by atoms with Crippen molar-refractivity contribution in [1.29, 1.82) is 0 Å². The Balaban J connectivity index is 1.09. The highest BCUT2D eigenvalue weighted by Gasteiger charge is 2.18. The summed E-state index contributed by atoms with van der Waals surface area (Å²) < 4.78 is 2.42. The second-order valence-electron chi connectivity index (χ2n) is 14.0. The summed E-state index contributed by atoms with van der Waals surface area (Å²) in [6.45, 7) is 0. The van der Waals surface area contributed by atoms with Gasteiger partial charge in [0.25, 0.3) is 0 Å². The Hall–Kier alpha value is -7.01. The van der Waals surface area contributed by atoms with Gasteiger partial charge in [-0.1, -0.05) is 164 Å². The van der Waals surface area contributed by atoms with Crippen molar-refractivity contribution < 1.29 is 0 Å². The maximum absolute atomic E-state index is 5.25. The van der Waals surface area contributed by atoms with Gasteiger partial charge in [-0.05, 0) is 78.8 Å². The van der Waals surface area contributed by atoms with Crippen LogP contribution < -0.4 is 0 Å². The number of fused-ring (bicyclic) bond motifs is 7. The van der Waals surface area contributed by atoms with E-state index in [4.69, 9.17) is 15.0 Å². The van der Waals surface area contributed by atoms with Crippen LogP contribution in [0.5, 0.6) is 0 Å². The molecule has 0 radical (unpaired) electrons. The third-order valence-electron chi connectivity index (χ3n) is 10.7. The van der Waals surface area contributed by atoms with Gasteiger partial charge in [-0.3, -0.25) is 0 Å². The number of nitrogens with zero attached hydrogens (tertiary/aromatic N) is 3. The summed E-state index contributed by atoms with van der Waals surface area (Å²) >= 11 is 1.79. The van der Waals surface area contributed by atoms with Crippen LogP contribution in [0.4, 0.5) is 0 Å². The summed E-state index contributed by atoms with van der Waals surface area (Å²) in [7, 11) is 0. The molecule has 0 aliphatic rings. The van der Waals surface area contributed by atoms with E-state index in [-0.39, 0.29) is 0 Å². The van der Waals surface area contributed by atoms with Crippen molar-refractivity contribution >= 4 is 63.8 Å².